The number of esters is 1. The summed E-state index contributed by atoms with van der Waals surface area (Å²) in [5.41, 5.74) is 2.81. The first kappa shape index (κ1) is 22.8. The Morgan fingerprint density at radius 1 is 0.967 bits per heavy atom. The molecule has 2 rings (SSSR count). The Labute approximate surface area is 176 Å². The van der Waals surface area contributed by atoms with Crippen molar-refractivity contribution in [2.45, 2.75) is 13.5 Å². The van der Waals surface area contributed by atoms with Gasteiger partial charge in [0, 0.05) is 19.7 Å². The molecule has 0 fully saturated rings. The molecular weight excluding hydrogens is 386 g/mol. The Bertz CT molecular complexity index is 879. The molecule has 0 aliphatic rings. The van der Waals surface area contributed by atoms with Crippen LogP contribution in [-0.2, 0) is 20.9 Å². The summed E-state index contributed by atoms with van der Waals surface area (Å²) in [4.78, 5) is 25.7. The molecule has 1 amide bonds. The van der Waals surface area contributed by atoms with Gasteiger partial charge >= 0.3 is 5.97 Å². The van der Waals surface area contributed by atoms with Gasteiger partial charge in [0.25, 0.3) is 5.91 Å². The molecule has 0 unspecified atom stereocenters. The number of methoxy groups -OCH3 is 3. The molecule has 0 heterocycles. The van der Waals surface area contributed by atoms with Crippen molar-refractivity contribution in [1.82, 2.24) is 4.90 Å². The van der Waals surface area contributed by atoms with Crippen LogP contribution in [0.3, 0.4) is 0 Å². The van der Waals surface area contributed by atoms with Crippen LogP contribution < -0.4 is 14.2 Å². The summed E-state index contributed by atoms with van der Waals surface area (Å²) in [6.45, 7) is 2.11. The molecule has 0 saturated carbocycles. The number of likely N-dealkylation sites (N-methyl/N-ethyl adjacent to an activating group) is 1. The Morgan fingerprint density at radius 2 is 1.57 bits per heavy atom. The quantitative estimate of drug-likeness (QED) is 0.464. The summed E-state index contributed by atoms with van der Waals surface area (Å²) in [6, 6.07) is 11.3. The molecule has 7 heteroatoms. The maximum Gasteiger partial charge on any atom is 0.331 e. The van der Waals surface area contributed by atoms with Crippen molar-refractivity contribution in [3.05, 3.63) is 59.2 Å². The Morgan fingerprint density at radius 3 is 2.10 bits per heavy atom. The Balaban J connectivity index is 1.92. The number of nitrogens with zero attached hydrogens (tertiary/aromatic N) is 1. The molecule has 0 aromatic heterocycles. The van der Waals surface area contributed by atoms with Gasteiger partial charge < -0.3 is 23.8 Å². The van der Waals surface area contributed by atoms with Gasteiger partial charge in [-0.3, -0.25) is 4.79 Å². The minimum absolute atomic E-state index is 0.287. The topological polar surface area (TPSA) is 74.3 Å². The number of amides is 1. The molecule has 30 heavy (non-hydrogen) atoms. The van der Waals surface area contributed by atoms with Crippen LogP contribution >= 0.6 is 0 Å². The van der Waals surface area contributed by atoms with E-state index in [1.165, 1.54) is 32.3 Å². The minimum atomic E-state index is -0.624. The number of hydrogen-bond donors (Lipinski definition) is 0. The van der Waals surface area contributed by atoms with Crippen LogP contribution in [0.15, 0.2) is 42.5 Å². The second-order valence-electron chi connectivity index (χ2n) is 6.64. The van der Waals surface area contributed by atoms with Gasteiger partial charge in [0.2, 0.25) is 5.75 Å². The molecule has 0 atom stereocenters. The number of carbonyl (C=O) groups excluding carboxylic acids is 2. The van der Waals surface area contributed by atoms with E-state index in [0.717, 1.165) is 11.1 Å². The number of aryl methyl sites for hydroxylation is 1. The SMILES string of the molecule is COc1cc(/C=C/C(=O)OCC(=O)N(C)Cc2ccc(C)cc2)cc(OC)c1OC. The number of hydrogen-bond acceptors (Lipinski definition) is 6. The third-order valence-electron chi connectivity index (χ3n) is 4.40. The average Bonchev–Trinajstić information content (AvgIpc) is 2.76. The lowest BCUT2D eigenvalue weighted by Gasteiger charge is -2.17. The van der Waals surface area contributed by atoms with E-state index >= 15 is 0 Å². The molecule has 0 aliphatic carbocycles. The van der Waals surface area contributed by atoms with Crippen LogP contribution in [0, 0.1) is 6.92 Å². The first-order valence-corrected chi connectivity index (χ1v) is 9.32. The Hall–Kier alpha value is -3.48. The second-order valence-corrected chi connectivity index (χ2v) is 6.64. The van der Waals surface area contributed by atoms with E-state index in [0.29, 0.717) is 29.4 Å². The first-order chi connectivity index (χ1) is 14.4. The maximum atomic E-state index is 12.2. The van der Waals surface area contributed by atoms with Crippen molar-refractivity contribution in [3.8, 4) is 17.2 Å². The second kappa shape index (κ2) is 10.9. The Kier molecular flexibility index (Phi) is 8.29. The maximum absolute atomic E-state index is 12.2. The lowest BCUT2D eigenvalue weighted by atomic mass is 10.1. The van der Waals surface area contributed by atoms with E-state index in [2.05, 4.69) is 0 Å². The monoisotopic (exact) mass is 413 g/mol. The fourth-order valence-corrected chi connectivity index (χ4v) is 2.71. The van der Waals surface area contributed by atoms with Gasteiger partial charge in [0.15, 0.2) is 18.1 Å². The van der Waals surface area contributed by atoms with Gasteiger partial charge in [0.1, 0.15) is 0 Å². The highest BCUT2D eigenvalue weighted by Crippen LogP contribution is 2.38. The zero-order chi connectivity index (χ0) is 22.1. The van der Waals surface area contributed by atoms with Crippen molar-refractivity contribution in [3.63, 3.8) is 0 Å². The standard InChI is InChI=1S/C23H27NO6/c1-16-6-8-17(9-7-16)14-24(2)21(25)15-30-22(26)11-10-18-12-19(27-3)23(29-5)20(13-18)28-4/h6-13H,14-15H2,1-5H3/b11-10+. The molecular formula is C23H27NO6. The van der Waals surface area contributed by atoms with Crippen LogP contribution in [0.4, 0.5) is 0 Å². The summed E-state index contributed by atoms with van der Waals surface area (Å²) in [7, 11) is 6.21. The molecule has 160 valence electrons. The van der Waals surface area contributed by atoms with Gasteiger partial charge in [0.05, 0.1) is 21.3 Å². The minimum Gasteiger partial charge on any atom is -0.493 e. The third kappa shape index (κ3) is 6.27. The highest BCUT2D eigenvalue weighted by molar-refractivity contribution is 5.89. The molecule has 2 aromatic carbocycles. The number of rotatable bonds is 9. The van der Waals surface area contributed by atoms with Gasteiger partial charge in [-0.05, 0) is 36.3 Å². The van der Waals surface area contributed by atoms with Crippen LogP contribution in [0.25, 0.3) is 6.08 Å². The fourth-order valence-electron chi connectivity index (χ4n) is 2.71. The predicted molar refractivity (Wildman–Crippen MR) is 114 cm³/mol. The molecule has 0 aliphatic heterocycles. The van der Waals surface area contributed by atoms with Crippen LogP contribution in [0.1, 0.15) is 16.7 Å². The van der Waals surface area contributed by atoms with E-state index in [1.54, 1.807) is 25.3 Å². The number of carbonyl (C=O) groups is 2. The summed E-state index contributed by atoms with van der Waals surface area (Å²) in [5, 5.41) is 0. The normalized spacial score (nSPS) is 10.6. The summed E-state index contributed by atoms with van der Waals surface area (Å²) >= 11 is 0. The molecule has 0 saturated heterocycles. The fraction of sp³-hybridized carbons (Fsp3) is 0.304. The van der Waals surface area contributed by atoms with Gasteiger partial charge in [-0.25, -0.2) is 4.79 Å². The summed E-state index contributed by atoms with van der Waals surface area (Å²) in [6.07, 6.45) is 2.79. The number of benzene rings is 2. The third-order valence-corrected chi connectivity index (χ3v) is 4.40. The molecule has 2 aromatic rings. The molecule has 0 spiro atoms. The molecule has 0 radical (unpaired) electrons. The van der Waals surface area contributed by atoms with Gasteiger partial charge in [-0.2, -0.15) is 0 Å². The van der Waals surface area contributed by atoms with Crippen LogP contribution in [-0.4, -0.2) is 51.8 Å². The highest BCUT2D eigenvalue weighted by atomic mass is 16.5. The molecule has 0 bridgehead atoms. The van der Waals surface area contributed by atoms with E-state index in [9.17, 15) is 9.59 Å². The van der Waals surface area contributed by atoms with E-state index in [4.69, 9.17) is 18.9 Å². The van der Waals surface area contributed by atoms with E-state index in [-0.39, 0.29) is 12.5 Å². The van der Waals surface area contributed by atoms with Crippen molar-refractivity contribution < 1.29 is 28.5 Å². The summed E-state index contributed by atoms with van der Waals surface area (Å²) in [5.74, 6) is 0.489. The van der Waals surface area contributed by atoms with E-state index in [1.807, 2.05) is 31.2 Å². The van der Waals surface area contributed by atoms with Crippen LogP contribution in [0.2, 0.25) is 0 Å². The molecule has 7 nitrogen and oxygen atoms in total. The van der Waals surface area contributed by atoms with Gasteiger partial charge in [-0.1, -0.05) is 29.8 Å². The zero-order valence-corrected chi connectivity index (χ0v) is 17.9. The zero-order valence-electron chi connectivity index (χ0n) is 17.9. The lowest BCUT2D eigenvalue weighted by molar-refractivity contribution is -0.147. The lowest BCUT2D eigenvalue weighted by Crippen LogP contribution is -2.30. The van der Waals surface area contributed by atoms with Crippen molar-refractivity contribution in [2.75, 3.05) is 35.0 Å². The van der Waals surface area contributed by atoms with Crippen LogP contribution in [0.5, 0.6) is 17.2 Å². The number of ether oxygens (including phenoxy) is 4. The van der Waals surface area contributed by atoms with Gasteiger partial charge in [-0.15, -0.1) is 0 Å². The van der Waals surface area contributed by atoms with Crippen molar-refractivity contribution >= 4 is 18.0 Å². The van der Waals surface area contributed by atoms with E-state index < -0.39 is 5.97 Å². The summed E-state index contributed by atoms with van der Waals surface area (Å²) < 4.78 is 20.9. The first-order valence-electron chi connectivity index (χ1n) is 9.32. The largest absolute Gasteiger partial charge is 0.493 e. The predicted octanol–water partition coefficient (Wildman–Crippen LogP) is 3.24. The van der Waals surface area contributed by atoms with Crippen molar-refractivity contribution in [2.24, 2.45) is 0 Å². The smallest absolute Gasteiger partial charge is 0.331 e. The molecule has 0 N–H and O–H groups in total. The average molecular weight is 413 g/mol. The highest BCUT2D eigenvalue weighted by Gasteiger charge is 2.13. The van der Waals surface area contributed by atoms with Crippen molar-refractivity contribution in [1.29, 1.82) is 0 Å².